The second kappa shape index (κ2) is 4.82. The van der Waals surface area contributed by atoms with Gasteiger partial charge in [0.15, 0.2) is 11.5 Å². The molecule has 0 atom stereocenters. The Morgan fingerprint density at radius 1 is 1.37 bits per heavy atom. The molecular weight excluding hydrogens is 258 g/mol. The molecular formula is C14H11N3OS. The molecule has 0 aliphatic heterocycles. The van der Waals surface area contributed by atoms with E-state index in [0.29, 0.717) is 18.7 Å². The lowest BCUT2D eigenvalue weighted by Gasteiger charge is -1.95. The van der Waals surface area contributed by atoms with Crippen LogP contribution in [0.3, 0.4) is 0 Å². The number of hydrogen-bond acceptors (Lipinski definition) is 5. The van der Waals surface area contributed by atoms with E-state index < -0.39 is 0 Å². The van der Waals surface area contributed by atoms with Gasteiger partial charge in [-0.1, -0.05) is 6.07 Å². The minimum absolute atomic E-state index is 0.507. The molecule has 0 amide bonds. The van der Waals surface area contributed by atoms with E-state index in [1.807, 2.05) is 30.5 Å². The minimum Gasteiger partial charge on any atom is -0.441 e. The van der Waals surface area contributed by atoms with Crippen LogP contribution in [-0.4, -0.2) is 9.97 Å². The quantitative estimate of drug-likeness (QED) is 0.727. The van der Waals surface area contributed by atoms with Crippen LogP contribution in [0.1, 0.15) is 17.3 Å². The molecule has 0 aliphatic rings. The summed E-state index contributed by atoms with van der Waals surface area (Å²) in [4.78, 5) is 8.81. The van der Waals surface area contributed by atoms with Gasteiger partial charge in [-0.05, 0) is 12.1 Å². The Balaban J connectivity index is 1.94. The number of nitrogens with zero attached hydrogens (tertiary/aromatic N) is 3. The van der Waals surface area contributed by atoms with Gasteiger partial charge in [-0.2, -0.15) is 5.26 Å². The van der Waals surface area contributed by atoms with E-state index in [9.17, 15) is 0 Å². The first-order valence-corrected chi connectivity index (χ1v) is 6.83. The molecule has 3 aromatic rings. The second-order valence-corrected chi connectivity index (χ2v) is 5.14. The molecule has 19 heavy (non-hydrogen) atoms. The summed E-state index contributed by atoms with van der Waals surface area (Å²) in [5.74, 6) is 0.667. The van der Waals surface area contributed by atoms with Crippen LogP contribution >= 0.6 is 11.3 Å². The van der Waals surface area contributed by atoms with Crippen molar-refractivity contribution < 1.29 is 4.42 Å². The van der Waals surface area contributed by atoms with Crippen molar-refractivity contribution in [2.75, 3.05) is 0 Å². The summed E-state index contributed by atoms with van der Waals surface area (Å²) in [6.45, 7) is 1.84. The summed E-state index contributed by atoms with van der Waals surface area (Å²) in [5.41, 5.74) is 3.58. The maximum atomic E-state index is 8.58. The van der Waals surface area contributed by atoms with Gasteiger partial charge >= 0.3 is 0 Å². The van der Waals surface area contributed by atoms with Gasteiger partial charge in [-0.25, -0.2) is 9.97 Å². The summed E-state index contributed by atoms with van der Waals surface area (Å²) in [5, 5.41) is 11.6. The SMILES string of the molecule is Cc1nc2ccc(-c3csc(CCC#N)n3)cc2o1. The van der Waals surface area contributed by atoms with E-state index >= 15 is 0 Å². The van der Waals surface area contributed by atoms with Gasteiger partial charge in [-0.15, -0.1) is 11.3 Å². The summed E-state index contributed by atoms with van der Waals surface area (Å²) in [6, 6.07) is 8.03. The predicted molar refractivity (Wildman–Crippen MR) is 73.8 cm³/mol. The molecule has 0 saturated heterocycles. The zero-order valence-electron chi connectivity index (χ0n) is 10.4. The Kier molecular flexibility index (Phi) is 3.02. The van der Waals surface area contributed by atoms with Crippen LogP contribution < -0.4 is 0 Å². The van der Waals surface area contributed by atoms with Gasteiger partial charge in [-0.3, -0.25) is 0 Å². The number of benzene rings is 1. The largest absolute Gasteiger partial charge is 0.441 e. The normalized spacial score (nSPS) is 10.7. The first-order chi connectivity index (χ1) is 9.26. The van der Waals surface area contributed by atoms with E-state index in [4.69, 9.17) is 9.68 Å². The lowest BCUT2D eigenvalue weighted by atomic mass is 10.1. The smallest absolute Gasteiger partial charge is 0.192 e. The molecule has 3 rings (SSSR count). The minimum atomic E-state index is 0.507. The molecule has 0 unspecified atom stereocenters. The summed E-state index contributed by atoms with van der Waals surface area (Å²) in [6.07, 6.45) is 1.22. The third kappa shape index (κ3) is 2.35. The van der Waals surface area contributed by atoms with Crippen molar-refractivity contribution in [1.29, 1.82) is 5.26 Å². The van der Waals surface area contributed by atoms with Crippen molar-refractivity contribution in [2.45, 2.75) is 19.8 Å². The zero-order chi connectivity index (χ0) is 13.2. The Morgan fingerprint density at radius 3 is 3.11 bits per heavy atom. The van der Waals surface area contributed by atoms with Crippen LogP contribution in [0.4, 0.5) is 0 Å². The lowest BCUT2D eigenvalue weighted by Crippen LogP contribution is -1.83. The number of aryl methyl sites for hydroxylation is 2. The number of hydrogen-bond donors (Lipinski definition) is 0. The topological polar surface area (TPSA) is 62.7 Å². The number of aromatic nitrogens is 2. The molecule has 5 heteroatoms. The second-order valence-electron chi connectivity index (χ2n) is 4.20. The van der Waals surface area contributed by atoms with Gasteiger partial charge in [0.1, 0.15) is 5.52 Å². The van der Waals surface area contributed by atoms with E-state index in [2.05, 4.69) is 16.0 Å². The lowest BCUT2D eigenvalue weighted by molar-refractivity contribution is 0.561. The van der Waals surface area contributed by atoms with E-state index in [1.54, 1.807) is 11.3 Å². The molecule has 94 valence electrons. The van der Waals surface area contributed by atoms with Crippen molar-refractivity contribution in [2.24, 2.45) is 0 Å². The van der Waals surface area contributed by atoms with Gasteiger partial charge in [0, 0.05) is 30.7 Å². The Hall–Kier alpha value is -2.19. The maximum absolute atomic E-state index is 8.58. The van der Waals surface area contributed by atoms with Gasteiger partial charge in [0.05, 0.1) is 16.8 Å². The van der Waals surface area contributed by atoms with E-state index in [1.165, 1.54) is 0 Å². The highest BCUT2D eigenvalue weighted by molar-refractivity contribution is 7.09. The Morgan fingerprint density at radius 2 is 2.26 bits per heavy atom. The first kappa shape index (κ1) is 11.9. The first-order valence-electron chi connectivity index (χ1n) is 5.95. The molecule has 0 aliphatic carbocycles. The molecule has 2 heterocycles. The molecule has 2 aromatic heterocycles. The molecule has 0 fully saturated rings. The molecule has 0 bridgehead atoms. The van der Waals surface area contributed by atoms with Gasteiger partial charge in [0.2, 0.25) is 0 Å². The van der Waals surface area contributed by atoms with Crippen molar-refractivity contribution in [3.8, 4) is 17.3 Å². The van der Waals surface area contributed by atoms with E-state index in [-0.39, 0.29) is 0 Å². The molecule has 0 spiro atoms. The highest BCUT2D eigenvalue weighted by Gasteiger charge is 2.08. The van der Waals surface area contributed by atoms with Crippen molar-refractivity contribution in [3.63, 3.8) is 0 Å². The standard InChI is InChI=1S/C14H11N3OS/c1-9-16-11-5-4-10(7-13(11)18-9)12-8-19-14(17-12)3-2-6-15/h4-5,7-8H,2-3H2,1H3. The fraction of sp³-hybridized carbons (Fsp3) is 0.214. The number of thiazole rings is 1. The highest BCUT2D eigenvalue weighted by Crippen LogP contribution is 2.26. The third-order valence-electron chi connectivity index (χ3n) is 2.79. The van der Waals surface area contributed by atoms with Crippen LogP contribution in [0.5, 0.6) is 0 Å². The maximum Gasteiger partial charge on any atom is 0.192 e. The average Bonchev–Trinajstić information content (AvgIpc) is 3.00. The average molecular weight is 269 g/mol. The number of rotatable bonds is 3. The monoisotopic (exact) mass is 269 g/mol. The molecule has 0 radical (unpaired) electrons. The fourth-order valence-electron chi connectivity index (χ4n) is 1.92. The van der Waals surface area contributed by atoms with Crippen LogP contribution in [0.25, 0.3) is 22.4 Å². The van der Waals surface area contributed by atoms with Crippen molar-refractivity contribution in [3.05, 3.63) is 34.5 Å². The summed E-state index contributed by atoms with van der Waals surface area (Å²) < 4.78 is 5.52. The number of fused-ring (bicyclic) bond motifs is 1. The summed E-state index contributed by atoms with van der Waals surface area (Å²) >= 11 is 1.59. The molecule has 0 N–H and O–H groups in total. The fourth-order valence-corrected chi connectivity index (χ4v) is 2.73. The number of nitriles is 1. The van der Waals surface area contributed by atoms with Gasteiger partial charge in [0.25, 0.3) is 0 Å². The Labute approximate surface area is 114 Å². The number of oxazole rings is 1. The van der Waals surface area contributed by atoms with Crippen molar-refractivity contribution in [1.82, 2.24) is 9.97 Å². The predicted octanol–water partition coefficient (Wildman–Crippen LogP) is 3.72. The Bertz CT molecular complexity index is 766. The molecule has 4 nitrogen and oxygen atoms in total. The van der Waals surface area contributed by atoms with Gasteiger partial charge < -0.3 is 4.42 Å². The van der Waals surface area contributed by atoms with Crippen LogP contribution in [0.2, 0.25) is 0 Å². The van der Waals surface area contributed by atoms with Crippen LogP contribution in [0, 0.1) is 18.3 Å². The van der Waals surface area contributed by atoms with Crippen LogP contribution in [-0.2, 0) is 6.42 Å². The molecule has 1 aromatic carbocycles. The highest BCUT2D eigenvalue weighted by atomic mass is 32.1. The molecule has 0 saturated carbocycles. The zero-order valence-corrected chi connectivity index (χ0v) is 11.2. The van der Waals surface area contributed by atoms with Crippen LogP contribution in [0.15, 0.2) is 28.0 Å². The third-order valence-corrected chi connectivity index (χ3v) is 3.70. The summed E-state index contributed by atoms with van der Waals surface area (Å²) in [7, 11) is 0. The van der Waals surface area contributed by atoms with E-state index in [0.717, 1.165) is 27.4 Å². The van der Waals surface area contributed by atoms with Crippen molar-refractivity contribution >= 4 is 22.4 Å².